The lowest BCUT2D eigenvalue weighted by Gasteiger charge is -2.61. The molecule has 4 nitrogen and oxygen atoms in total. The molecular formula is C23H23N3OS. The number of thiazole rings is 1. The Kier molecular flexibility index (Phi) is 4.47. The van der Waals surface area contributed by atoms with Gasteiger partial charge in [-0.05, 0) is 30.5 Å². The van der Waals surface area contributed by atoms with E-state index in [0.717, 1.165) is 29.2 Å². The fourth-order valence-corrected chi connectivity index (χ4v) is 5.75. The number of carbonyl (C=O) groups excluding carboxylic acids is 1. The van der Waals surface area contributed by atoms with Gasteiger partial charge in [-0.3, -0.25) is 9.78 Å². The van der Waals surface area contributed by atoms with Crippen LogP contribution in [0.3, 0.4) is 0 Å². The molecule has 1 aromatic carbocycles. The van der Waals surface area contributed by atoms with Gasteiger partial charge in [-0.1, -0.05) is 43.2 Å². The van der Waals surface area contributed by atoms with Crippen molar-refractivity contribution in [3.8, 4) is 10.6 Å². The molecule has 1 amide bonds. The van der Waals surface area contributed by atoms with Crippen molar-refractivity contribution in [3.05, 3.63) is 71.5 Å². The van der Waals surface area contributed by atoms with Gasteiger partial charge < -0.3 is 4.90 Å². The summed E-state index contributed by atoms with van der Waals surface area (Å²) in [5.74, 6) is 0.791. The lowest BCUT2D eigenvalue weighted by molar-refractivity contribution is -0.166. The van der Waals surface area contributed by atoms with Crippen LogP contribution < -0.4 is 0 Å². The van der Waals surface area contributed by atoms with Crippen molar-refractivity contribution in [2.24, 2.45) is 5.92 Å². The van der Waals surface area contributed by atoms with Crippen LogP contribution in [-0.2, 0) is 16.8 Å². The Bertz CT molecular complexity index is 972. The number of rotatable bonds is 4. The van der Waals surface area contributed by atoms with E-state index in [1.54, 1.807) is 17.5 Å². The summed E-state index contributed by atoms with van der Waals surface area (Å²) in [6.07, 6.45) is 8.72. The summed E-state index contributed by atoms with van der Waals surface area (Å²) < 4.78 is 0. The fraction of sp³-hybridized carbons (Fsp3) is 0.348. The molecule has 28 heavy (non-hydrogen) atoms. The predicted octanol–water partition coefficient (Wildman–Crippen LogP) is 4.68. The van der Waals surface area contributed by atoms with Gasteiger partial charge in [0.15, 0.2) is 0 Å². The Labute approximate surface area is 169 Å². The first-order valence-corrected chi connectivity index (χ1v) is 10.9. The molecule has 0 N–H and O–H groups in total. The largest absolute Gasteiger partial charge is 0.332 e. The maximum Gasteiger partial charge on any atom is 0.229 e. The van der Waals surface area contributed by atoms with E-state index >= 15 is 0 Å². The minimum absolute atomic E-state index is 0.0984. The lowest BCUT2D eigenvalue weighted by Crippen LogP contribution is -2.67. The third-order valence-corrected chi connectivity index (χ3v) is 7.23. The Morgan fingerprint density at radius 3 is 2.86 bits per heavy atom. The van der Waals surface area contributed by atoms with E-state index in [1.807, 2.05) is 23.7 Å². The van der Waals surface area contributed by atoms with Crippen LogP contribution in [0.25, 0.3) is 10.6 Å². The molecule has 5 heteroatoms. The molecule has 2 aliphatic rings. The summed E-state index contributed by atoms with van der Waals surface area (Å²) in [6.45, 7) is 0.882. The molecule has 1 aliphatic carbocycles. The van der Waals surface area contributed by atoms with Crippen molar-refractivity contribution in [1.29, 1.82) is 0 Å². The van der Waals surface area contributed by atoms with Crippen molar-refractivity contribution in [2.75, 3.05) is 6.54 Å². The van der Waals surface area contributed by atoms with Crippen molar-refractivity contribution in [1.82, 2.24) is 14.9 Å². The van der Waals surface area contributed by atoms with E-state index in [2.05, 4.69) is 40.2 Å². The van der Waals surface area contributed by atoms with Crippen LogP contribution in [0.15, 0.2) is 60.2 Å². The zero-order valence-corrected chi connectivity index (χ0v) is 16.6. The molecular weight excluding hydrogens is 366 g/mol. The summed E-state index contributed by atoms with van der Waals surface area (Å²) in [6, 6.07) is 14.5. The molecule has 1 saturated heterocycles. The van der Waals surface area contributed by atoms with Crippen molar-refractivity contribution < 1.29 is 4.79 Å². The van der Waals surface area contributed by atoms with Crippen LogP contribution in [-0.4, -0.2) is 27.3 Å². The average Bonchev–Trinajstić information content (AvgIpc) is 3.19. The number of hydrogen-bond donors (Lipinski definition) is 0. The predicted molar refractivity (Wildman–Crippen MR) is 111 cm³/mol. The first-order valence-electron chi connectivity index (χ1n) is 9.98. The average molecular weight is 390 g/mol. The number of nitrogens with zero attached hydrogens (tertiary/aromatic N) is 3. The molecule has 2 fully saturated rings. The van der Waals surface area contributed by atoms with Crippen LogP contribution in [0.1, 0.15) is 36.9 Å². The minimum atomic E-state index is -0.0984. The Balaban J connectivity index is 1.38. The number of aromatic nitrogens is 2. The van der Waals surface area contributed by atoms with Crippen LogP contribution in [0, 0.1) is 5.92 Å². The first-order chi connectivity index (χ1) is 13.8. The highest BCUT2D eigenvalue weighted by molar-refractivity contribution is 7.13. The number of amides is 1. The van der Waals surface area contributed by atoms with Crippen LogP contribution >= 0.6 is 11.3 Å². The molecule has 3 heterocycles. The van der Waals surface area contributed by atoms with E-state index in [0.29, 0.717) is 12.3 Å². The molecule has 0 bridgehead atoms. The van der Waals surface area contributed by atoms with E-state index < -0.39 is 0 Å². The Morgan fingerprint density at radius 2 is 2.07 bits per heavy atom. The highest BCUT2D eigenvalue weighted by atomic mass is 32.1. The third-order valence-electron chi connectivity index (χ3n) is 6.29. The van der Waals surface area contributed by atoms with Crippen molar-refractivity contribution in [3.63, 3.8) is 0 Å². The molecule has 2 atom stereocenters. The highest BCUT2D eigenvalue weighted by Crippen LogP contribution is 2.53. The Morgan fingerprint density at radius 1 is 1.18 bits per heavy atom. The maximum absolute atomic E-state index is 13.3. The van der Waals surface area contributed by atoms with E-state index in [4.69, 9.17) is 4.98 Å². The monoisotopic (exact) mass is 389 g/mol. The molecule has 142 valence electrons. The lowest BCUT2D eigenvalue weighted by atomic mass is 9.61. The van der Waals surface area contributed by atoms with Crippen LogP contribution in [0.4, 0.5) is 0 Å². The van der Waals surface area contributed by atoms with Gasteiger partial charge in [0.2, 0.25) is 5.91 Å². The topological polar surface area (TPSA) is 46.1 Å². The summed E-state index contributed by atoms with van der Waals surface area (Å²) in [7, 11) is 0. The normalized spacial score (nSPS) is 23.7. The summed E-state index contributed by atoms with van der Waals surface area (Å²) in [5.41, 5.74) is 3.06. The SMILES string of the molecule is O=C(Cc1csc(-c2cccnc2)n1)N1C[C@H]2CCCC[C@]21c1ccccc1. The molecule has 0 radical (unpaired) electrons. The van der Waals surface area contributed by atoms with E-state index in [-0.39, 0.29) is 11.4 Å². The van der Waals surface area contributed by atoms with Crippen molar-refractivity contribution in [2.45, 2.75) is 37.6 Å². The van der Waals surface area contributed by atoms with Gasteiger partial charge in [0, 0.05) is 35.8 Å². The summed E-state index contributed by atoms with van der Waals surface area (Å²) in [5, 5.41) is 2.93. The van der Waals surface area contributed by atoms with Gasteiger partial charge >= 0.3 is 0 Å². The van der Waals surface area contributed by atoms with Gasteiger partial charge in [0.05, 0.1) is 17.7 Å². The quantitative estimate of drug-likeness (QED) is 0.651. The zero-order valence-electron chi connectivity index (χ0n) is 15.8. The number of carbonyl (C=O) groups is 1. The van der Waals surface area contributed by atoms with E-state index in [1.165, 1.54) is 24.8 Å². The zero-order chi connectivity index (χ0) is 19.0. The van der Waals surface area contributed by atoms with Crippen LogP contribution in [0.2, 0.25) is 0 Å². The fourth-order valence-electron chi connectivity index (χ4n) is 4.94. The molecule has 2 aromatic heterocycles. The third kappa shape index (κ3) is 2.85. The van der Waals surface area contributed by atoms with Crippen molar-refractivity contribution >= 4 is 17.2 Å². The summed E-state index contributed by atoms with van der Waals surface area (Å²) >= 11 is 1.58. The Hall–Kier alpha value is -2.53. The highest BCUT2D eigenvalue weighted by Gasteiger charge is 2.56. The number of likely N-dealkylation sites (tertiary alicyclic amines) is 1. The summed E-state index contributed by atoms with van der Waals surface area (Å²) in [4.78, 5) is 24.2. The molecule has 5 rings (SSSR count). The minimum Gasteiger partial charge on any atom is -0.332 e. The van der Waals surface area contributed by atoms with Gasteiger partial charge in [-0.15, -0.1) is 11.3 Å². The van der Waals surface area contributed by atoms with E-state index in [9.17, 15) is 4.79 Å². The number of benzene rings is 1. The molecule has 3 aromatic rings. The number of fused-ring (bicyclic) bond motifs is 1. The maximum atomic E-state index is 13.3. The van der Waals surface area contributed by atoms with Gasteiger partial charge in [-0.25, -0.2) is 4.98 Å². The van der Waals surface area contributed by atoms with Gasteiger partial charge in [0.25, 0.3) is 0 Å². The molecule has 1 aliphatic heterocycles. The standard InChI is InChI=1S/C23H23N3OS/c27-21(13-20-16-28-22(25-20)17-7-6-12-24-14-17)26-15-19-10-4-5-11-23(19,26)18-8-2-1-3-9-18/h1-3,6-9,12,14,16,19H,4-5,10-11,13,15H2/t19-,23+/m1/s1. The second kappa shape index (κ2) is 7.13. The smallest absolute Gasteiger partial charge is 0.229 e. The molecule has 0 unspecified atom stereocenters. The van der Waals surface area contributed by atoms with Gasteiger partial charge in [0.1, 0.15) is 5.01 Å². The first kappa shape index (κ1) is 17.6. The molecule has 1 saturated carbocycles. The van der Waals surface area contributed by atoms with Crippen LogP contribution in [0.5, 0.6) is 0 Å². The van der Waals surface area contributed by atoms with Gasteiger partial charge in [-0.2, -0.15) is 0 Å². The number of pyridine rings is 1. The second-order valence-electron chi connectivity index (χ2n) is 7.80. The molecule has 0 spiro atoms. The second-order valence-corrected chi connectivity index (χ2v) is 8.66. The number of hydrogen-bond acceptors (Lipinski definition) is 4.